The van der Waals surface area contributed by atoms with Crippen molar-refractivity contribution in [2.24, 2.45) is 0 Å². The van der Waals surface area contributed by atoms with Crippen LogP contribution < -0.4 is 5.32 Å². The Balaban J connectivity index is 1.72. The molecule has 1 aromatic carbocycles. The molecule has 2 heterocycles. The van der Waals surface area contributed by atoms with E-state index in [0.717, 1.165) is 16.9 Å². The number of hydrogen-bond donors (Lipinski definition) is 1. The molecule has 0 aliphatic rings. The van der Waals surface area contributed by atoms with Crippen LogP contribution in [0.3, 0.4) is 0 Å². The van der Waals surface area contributed by atoms with E-state index in [4.69, 9.17) is 0 Å². The Bertz CT molecular complexity index is 823. The molecule has 0 aliphatic heterocycles. The molecule has 0 unspecified atom stereocenters. The van der Waals surface area contributed by atoms with Gasteiger partial charge in [0.2, 0.25) is 0 Å². The van der Waals surface area contributed by atoms with Crippen molar-refractivity contribution >= 4 is 11.6 Å². The van der Waals surface area contributed by atoms with E-state index in [0.29, 0.717) is 18.7 Å². The number of aromatic nitrogens is 3. The van der Waals surface area contributed by atoms with Gasteiger partial charge in [0, 0.05) is 44.1 Å². The van der Waals surface area contributed by atoms with Crippen molar-refractivity contribution in [1.82, 2.24) is 19.9 Å². The maximum atomic E-state index is 12.8. The van der Waals surface area contributed by atoms with Crippen LogP contribution in [-0.2, 0) is 13.1 Å². The molecule has 6 nitrogen and oxygen atoms in total. The number of nitrogens with one attached hydrogen (secondary N) is 1. The van der Waals surface area contributed by atoms with Crippen LogP contribution in [0.4, 0.5) is 5.69 Å². The summed E-state index contributed by atoms with van der Waals surface area (Å²) in [5.74, 6) is -0.0695. The zero-order valence-corrected chi connectivity index (χ0v) is 14.0. The van der Waals surface area contributed by atoms with Gasteiger partial charge in [0.15, 0.2) is 0 Å². The van der Waals surface area contributed by atoms with Crippen LogP contribution in [0.25, 0.3) is 0 Å². The monoisotopic (exact) mass is 333 g/mol. The zero-order valence-electron chi connectivity index (χ0n) is 14.0. The van der Waals surface area contributed by atoms with Crippen LogP contribution in [0, 0.1) is 0 Å². The lowest BCUT2D eigenvalue weighted by molar-refractivity contribution is 0.0784. The van der Waals surface area contributed by atoms with Crippen LogP contribution >= 0.6 is 0 Å². The number of amides is 1. The average molecular weight is 333 g/mol. The number of benzene rings is 1. The predicted molar refractivity (Wildman–Crippen MR) is 95.8 cm³/mol. The Morgan fingerprint density at radius 3 is 2.64 bits per heavy atom. The van der Waals surface area contributed by atoms with Gasteiger partial charge in [-0.1, -0.05) is 18.2 Å². The molecule has 1 N–H and O–H groups in total. The van der Waals surface area contributed by atoms with E-state index >= 15 is 0 Å². The van der Waals surface area contributed by atoms with E-state index in [1.165, 1.54) is 0 Å². The summed E-state index contributed by atoms with van der Waals surface area (Å²) in [5.41, 5.74) is 3.22. The summed E-state index contributed by atoms with van der Waals surface area (Å²) in [7, 11) is 1.76. The summed E-state index contributed by atoms with van der Waals surface area (Å²) in [6, 6.07) is 11.4. The fourth-order valence-electron chi connectivity index (χ4n) is 2.46. The summed E-state index contributed by atoms with van der Waals surface area (Å²) in [6.45, 7) is 1.01. The number of pyridine rings is 1. The van der Waals surface area contributed by atoms with Crippen LogP contribution in [0.5, 0.6) is 0 Å². The Morgan fingerprint density at radius 2 is 1.88 bits per heavy atom. The molecule has 0 radical (unpaired) electrons. The number of para-hydroxylation sites is 1. The van der Waals surface area contributed by atoms with Crippen molar-refractivity contribution in [2.45, 2.75) is 13.1 Å². The molecule has 0 fully saturated rings. The van der Waals surface area contributed by atoms with Gasteiger partial charge in [-0.05, 0) is 23.8 Å². The zero-order chi connectivity index (χ0) is 17.5. The summed E-state index contributed by atoms with van der Waals surface area (Å²) in [4.78, 5) is 26.8. The van der Waals surface area contributed by atoms with Crippen molar-refractivity contribution in [2.75, 3.05) is 12.4 Å². The van der Waals surface area contributed by atoms with E-state index in [2.05, 4.69) is 20.3 Å². The fourth-order valence-corrected chi connectivity index (χ4v) is 2.46. The molecule has 3 aromatic rings. The molecule has 0 saturated heterocycles. The first kappa shape index (κ1) is 16.6. The van der Waals surface area contributed by atoms with E-state index in [9.17, 15) is 4.79 Å². The highest BCUT2D eigenvalue weighted by Crippen LogP contribution is 2.18. The van der Waals surface area contributed by atoms with E-state index in [1.54, 1.807) is 42.9 Å². The van der Waals surface area contributed by atoms with Crippen molar-refractivity contribution in [1.29, 1.82) is 0 Å². The molecule has 0 spiro atoms. The first-order chi connectivity index (χ1) is 12.2. The second-order valence-electron chi connectivity index (χ2n) is 5.62. The van der Waals surface area contributed by atoms with Gasteiger partial charge in [-0.15, -0.1) is 0 Å². The van der Waals surface area contributed by atoms with Gasteiger partial charge in [0.05, 0.1) is 24.0 Å². The number of hydrogen-bond acceptors (Lipinski definition) is 5. The van der Waals surface area contributed by atoms with Crippen LogP contribution in [0.2, 0.25) is 0 Å². The highest BCUT2D eigenvalue weighted by Gasteiger charge is 2.16. The van der Waals surface area contributed by atoms with Gasteiger partial charge in [-0.3, -0.25) is 19.7 Å². The number of anilines is 1. The van der Waals surface area contributed by atoms with Gasteiger partial charge in [-0.25, -0.2) is 0 Å². The van der Waals surface area contributed by atoms with Gasteiger partial charge >= 0.3 is 0 Å². The first-order valence-corrected chi connectivity index (χ1v) is 7.96. The summed E-state index contributed by atoms with van der Waals surface area (Å²) in [6.07, 6.45) is 8.44. The molecule has 2 aromatic heterocycles. The molecular weight excluding hydrogens is 314 g/mol. The minimum Gasteiger partial charge on any atom is -0.380 e. The van der Waals surface area contributed by atoms with Crippen molar-refractivity contribution in [3.63, 3.8) is 0 Å². The highest BCUT2D eigenvalue weighted by atomic mass is 16.2. The molecule has 0 aliphatic carbocycles. The maximum Gasteiger partial charge on any atom is 0.256 e. The van der Waals surface area contributed by atoms with Gasteiger partial charge in [0.1, 0.15) is 0 Å². The number of rotatable bonds is 6. The SMILES string of the molecule is CN(Cc1cnccn1)C(=O)c1ccccc1NCc1cccnc1. The summed E-state index contributed by atoms with van der Waals surface area (Å²) < 4.78 is 0. The fraction of sp³-hybridized carbons (Fsp3) is 0.158. The average Bonchev–Trinajstić information content (AvgIpc) is 2.67. The topological polar surface area (TPSA) is 71.0 Å². The minimum absolute atomic E-state index is 0.0695. The second-order valence-corrected chi connectivity index (χ2v) is 5.62. The van der Waals surface area contributed by atoms with Gasteiger partial charge in [0.25, 0.3) is 5.91 Å². The molecule has 0 atom stereocenters. The minimum atomic E-state index is -0.0695. The largest absolute Gasteiger partial charge is 0.380 e. The molecule has 6 heteroatoms. The Hall–Kier alpha value is -3.28. The third-order valence-electron chi connectivity index (χ3n) is 3.73. The summed E-state index contributed by atoms with van der Waals surface area (Å²) >= 11 is 0. The molecule has 0 bridgehead atoms. The second kappa shape index (κ2) is 8.01. The van der Waals surface area contributed by atoms with E-state index in [-0.39, 0.29) is 5.91 Å². The number of nitrogens with zero attached hydrogens (tertiary/aromatic N) is 4. The first-order valence-electron chi connectivity index (χ1n) is 7.96. The van der Waals surface area contributed by atoms with Crippen LogP contribution in [-0.4, -0.2) is 32.8 Å². The standard InChI is InChI=1S/C19H19N5O/c1-24(14-16-13-21-9-10-22-16)19(25)17-6-2-3-7-18(17)23-12-15-5-4-8-20-11-15/h2-11,13,23H,12,14H2,1H3. The number of carbonyl (C=O) groups excluding carboxylic acids is 1. The van der Waals surface area contributed by atoms with Gasteiger partial charge in [-0.2, -0.15) is 0 Å². The normalized spacial score (nSPS) is 10.3. The molecule has 25 heavy (non-hydrogen) atoms. The molecule has 1 amide bonds. The Kier molecular flexibility index (Phi) is 5.31. The van der Waals surface area contributed by atoms with Crippen LogP contribution in [0.1, 0.15) is 21.6 Å². The van der Waals surface area contributed by atoms with Gasteiger partial charge < -0.3 is 10.2 Å². The molecule has 0 saturated carbocycles. The Labute approximate surface area is 146 Å². The molecule has 126 valence electrons. The third-order valence-corrected chi connectivity index (χ3v) is 3.73. The van der Waals surface area contributed by atoms with Crippen molar-refractivity contribution in [3.05, 3.63) is 84.2 Å². The van der Waals surface area contributed by atoms with E-state index in [1.807, 2.05) is 36.4 Å². The molecule has 3 rings (SSSR count). The highest BCUT2D eigenvalue weighted by molar-refractivity contribution is 5.99. The quantitative estimate of drug-likeness (QED) is 0.751. The van der Waals surface area contributed by atoms with Crippen molar-refractivity contribution < 1.29 is 4.79 Å². The van der Waals surface area contributed by atoms with Crippen LogP contribution in [0.15, 0.2) is 67.4 Å². The summed E-state index contributed by atoms with van der Waals surface area (Å²) in [5, 5.41) is 3.31. The lowest BCUT2D eigenvalue weighted by atomic mass is 10.1. The third kappa shape index (κ3) is 4.38. The van der Waals surface area contributed by atoms with E-state index < -0.39 is 0 Å². The predicted octanol–water partition coefficient (Wildman–Crippen LogP) is 2.76. The maximum absolute atomic E-state index is 12.8. The van der Waals surface area contributed by atoms with Crippen molar-refractivity contribution in [3.8, 4) is 0 Å². The molecular formula is C19H19N5O. The lowest BCUT2D eigenvalue weighted by Crippen LogP contribution is -2.27. The number of carbonyl (C=O) groups is 1. The lowest BCUT2D eigenvalue weighted by Gasteiger charge is -2.19. The Morgan fingerprint density at radius 1 is 1.04 bits per heavy atom. The smallest absolute Gasteiger partial charge is 0.256 e.